The Morgan fingerprint density at radius 3 is 2.61 bits per heavy atom. The van der Waals surface area contributed by atoms with Crippen LogP contribution in [0.1, 0.15) is 38.2 Å². The van der Waals surface area contributed by atoms with Crippen LogP contribution in [0.3, 0.4) is 0 Å². The van der Waals surface area contributed by atoms with Gasteiger partial charge in [0.2, 0.25) is 0 Å². The van der Waals surface area contributed by atoms with Gasteiger partial charge in [-0.3, -0.25) is 0 Å². The Balaban J connectivity index is 2.07. The summed E-state index contributed by atoms with van der Waals surface area (Å²) in [5.74, 6) is 0. The third-order valence-electron chi connectivity index (χ3n) is 3.54. The average Bonchev–Trinajstić information content (AvgIpc) is 2.39. The molecule has 1 unspecified atom stereocenters. The van der Waals surface area contributed by atoms with Crippen molar-refractivity contribution in [3.05, 3.63) is 48.0 Å². The number of benzene rings is 2. The first-order valence-electron chi connectivity index (χ1n) is 7.03. The predicted molar refractivity (Wildman–Crippen MR) is 79.8 cm³/mol. The second-order valence-electron chi connectivity index (χ2n) is 5.10. The fraction of sp³-hybridized carbons (Fsp3) is 0.412. The Morgan fingerprint density at radius 1 is 1.00 bits per heavy atom. The molecule has 0 saturated heterocycles. The van der Waals surface area contributed by atoms with Crippen LogP contribution in [0.15, 0.2) is 42.5 Å². The van der Waals surface area contributed by atoms with Crippen molar-refractivity contribution in [1.82, 2.24) is 0 Å². The van der Waals surface area contributed by atoms with Gasteiger partial charge in [-0.1, -0.05) is 68.7 Å². The Hall–Kier alpha value is -1.34. The van der Waals surface area contributed by atoms with Crippen LogP contribution in [0.2, 0.25) is 0 Å². The van der Waals surface area contributed by atoms with Crippen LogP contribution >= 0.6 is 0 Å². The summed E-state index contributed by atoms with van der Waals surface area (Å²) in [4.78, 5) is 0. The number of hydrogen-bond donors (Lipinski definition) is 1. The van der Waals surface area contributed by atoms with Crippen LogP contribution in [0, 0.1) is 0 Å². The van der Waals surface area contributed by atoms with Gasteiger partial charge in [0.15, 0.2) is 0 Å². The fourth-order valence-corrected chi connectivity index (χ4v) is 2.51. The van der Waals surface area contributed by atoms with Gasteiger partial charge >= 0.3 is 0 Å². The van der Waals surface area contributed by atoms with E-state index in [9.17, 15) is 0 Å². The zero-order valence-electron chi connectivity index (χ0n) is 11.2. The van der Waals surface area contributed by atoms with Gasteiger partial charge in [-0.2, -0.15) is 0 Å². The molecule has 0 radical (unpaired) electrons. The number of fused-ring (bicyclic) bond motifs is 1. The Labute approximate surface area is 110 Å². The van der Waals surface area contributed by atoms with Gasteiger partial charge < -0.3 is 5.73 Å². The van der Waals surface area contributed by atoms with Gasteiger partial charge in [0.25, 0.3) is 0 Å². The van der Waals surface area contributed by atoms with Crippen molar-refractivity contribution < 1.29 is 0 Å². The van der Waals surface area contributed by atoms with E-state index in [0.29, 0.717) is 6.04 Å². The monoisotopic (exact) mass is 241 g/mol. The molecule has 2 N–H and O–H groups in total. The summed E-state index contributed by atoms with van der Waals surface area (Å²) in [5.41, 5.74) is 7.62. The van der Waals surface area contributed by atoms with Gasteiger partial charge in [-0.05, 0) is 29.2 Å². The van der Waals surface area contributed by atoms with Crippen LogP contribution in [0.5, 0.6) is 0 Å². The maximum Gasteiger partial charge on any atom is 0.00795 e. The van der Waals surface area contributed by atoms with Crippen molar-refractivity contribution in [2.75, 3.05) is 0 Å². The molecule has 96 valence electrons. The molecule has 0 bridgehead atoms. The first-order chi connectivity index (χ1) is 8.81. The van der Waals surface area contributed by atoms with E-state index in [1.807, 2.05) is 0 Å². The highest BCUT2D eigenvalue weighted by atomic mass is 14.6. The summed E-state index contributed by atoms with van der Waals surface area (Å²) in [6, 6.07) is 15.4. The maximum absolute atomic E-state index is 6.24. The number of hydrogen-bond acceptors (Lipinski definition) is 1. The lowest BCUT2D eigenvalue weighted by Crippen LogP contribution is -2.22. The lowest BCUT2D eigenvalue weighted by molar-refractivity contribution is 0.558. The van der Waals surface area contributed by atoms with E-state index in [1.54, 1.807) is 0 Å². The molecule has 1 nitrogen and oxygen atoms in total. The normalized spacial score (nSPS) is 12.8. The highest BCUT2D eigenvalue weighted by Crippen LogP contribution is 2.20. The summed E-state index contributed by atoms with van der Waals surface area (Å²) in [6.45, 7) is 2.23. The van der Waals surface area contributed by atoms with E-state index in [-0.39, 0.29) is 0 Å². The summed E-state index contributed by atoms with van der Waals surface area (Å²) in [7, 11) is 0. The van der Waals surface area contributed by atoms with Gasteiger partial charge in [0, 0.05) is 6.04 Å². The number of nitrogens with two attached hydrogens (primary N) is 1. The van der Waals surface area contributed by atoms with Crippen molar-refractivity contribution in [1.29, 1.82) is 0 Å². The van der Waals surface area contributed by atoms with Gasteiger partial charge in [0.1, 0.15) is 0 Å². The van der Waals surface area contributed by atoms with Crippen molar-refractivity contribution >= 4 is 10.8 Å². The third-order valence-corrected chi connectivity index (χ3v) is 3.54. The number of rotatable bonds is 6. The smallest absolute Gasteiger partial charge is 0.00795 e. The minimum atomic E-state index is 0.294. The molecule has 0 aliphatic rings. The molecule has 0 saturated carbocycles. The molecule has 0 heterocycles. The van der Waals surface area contributed by atoms with Crippen LogP contribution in [0.25, 0.3) is 10.8 Å². The van der Waals surface area contributed by atoms with Crippen LogP contribution < -0.4 is 5.73 Å². The Morgan fingerprint density at radius 2 is 1.78 bits per heavy atom. The van der Waals surface area contributed by atoms with E-state index < -0.39 is 0 Å². The SMILES string of the molecule is CCCCCC(N)Cc1cccc2ccccc12. The molecular formula is C17H23N. The van der Waals surface area contributed by atoms with E-state index in [4.69, 9.17) is 5.73 Å². The Bertz CT molecular complexity index is 484. The summed E-state index contributed by atoms with van der Waals surface area (Å²) >= 11 is 0. The standard InChI is InChI=1S/C17H23N/c1-2-3-4-11-16(18)13-15-10-7-9-14-8-5-6-12-17(14)15/h5-10,12,16H,2-4,11,13,18H2,1H3. The molecule has 18 heavy (non-hydrogen) atoms. The lowest BCUT2D eigenvalue weighted by Gasteiger charge is -2.13. The highest BCUT2D eigenvalue weighted by molar-refractivity contribution is 5.85. The van der Waals surface area contributed by atoms with Crippen molar-refractivity contribution in [2.45, 2.75) is 45.1 Å². The van der Waals surface area contributed by atoms with Gasteiger partial charge in [-0.15, -0.1) is 0 Å². The maximum atomic E-state index is 6.24. The molecule has 0 spiro atoms. The Kier molecular flexibility index (Phi) is 4.77. The third kappa shape index (κ3) is 3.33. The van der Waals surface area contributed by atoms with E-state index in [1.165, 1.54) is 35.6 Å². The van der Waals surface area contributed by atoms with Crippen LogP contribution in [-0.2, 0) is 6.42 Å². The second kappa shape index (κ2) is 6.55. The molecular weight excluding hydrogens is 218 g/mol. The quantitative estimate of drug-likeness (QED) is 0.750. The number of unbranched alkanes of at least 4 members (excludes halogenated alkanes) is 2. The summed E-state index contributed by atoms with van der Waals surface area (Å²) in [6.07, 6.45) is 5.94. The molecule has 0 aromatic heterocycles. The predicted octanol–water partition coefficient (Wildman–Crippen LogP) is 4.29. The molecule has 0 amide bonds. The van der Waals surface area contributed by atoms with E-state index in [0.717, 1.165) is 12.8 Å². The molecule has 2 rings (SSSR count). The first-order valence-corrected chi connectivity index (χ1v) is 7.03. The molecule has 0 aliphatic heterocycles. The fourth-order valence-electron chi connectivity index (χ4n) is 2.51. The van der Waals surface area contributed by atoms with Gasteiger partial charge in [0.05, 0.1) is 0 Å². The molecule has 2 aromatic rings. The van der Waals surface area contributed by atoms with Crippen molar-refractivity contribution in [3.63, 3.8) is 0 Å². The second-order valence-corrected chi connectivity index (χ2v) is 5.10. The molecule has 1 atom stereocenters. The largest absolute Gasteiger partial charge is 0.327 e. The highest BCUT2D eigenvalue weighted by Gasteiger charge is 2.06. The molecule has 1 heteroatoms. The van der Waals surface area contributed by atoms with Gasteiger partial charge in [-0.25, -0.2) is 0 Å². The van der Waals surface area contributed by atoms with E-state index >= 15 is 0 Å². The summed E-state index contributed by atoms with van der Waals surface area (Å²) < 4.78 is 0. The van der Waals surface area contributed by atoms with Crippen molar-refractivity contribution in [2.24, 2.45) is 5.73 Å². The van der Waals surface area contributed by atoms with Crippen LogP contribution in [-0.4, -0.2) is 6.04 Å². The minimum absolute atomic E-state index is 0.294. The van der Waals surface area contributed by atoms with Crippen molar-refractivity contribution in [3.8, 4) is 0 Å². The topological polar surface area (TPSA) is 26.0 Å². The van der Waals surface area contributed by atoms with Crippen LogP contribution in [0.4, 0.5) is 0 Å². The molecule has 2 aromatic carbocycles. The summed E-state index contributed by atoms with van der Waals surface area (Å²) in [5, 5.41) is 2.67. The lowest BCUT2D eigenvalue weighted by atomic mass is 9.96. The molecule has 0 fully saturated rings. The molecule has 0 aliphatic carbocycles. The first kappa shape index (κ1) is 13.1. The zero-order valence-corrected chi connectivity index (χ0v) is 11.2. The van der Waals surface area contributed by atoms with E-state index in [2.05, 4.69) is 49.4 Å². The average molecular weight is 241 g/mol. The minimum Gasteiger partial charge on any atom is -0.327 e. The zero-order chi connectivity index (χ0) is 12.8.